The first-order valence-electron chi connectivity index (χ1n) is 4.81. The van der Waals surface area contributed by atoms with Crippen LogP contribution in [0.25, 0.3) is 11.3 Å². The molecule has 2 aromatic rings. The highest BCUT2D eigenvalue weighted by atomic mass is 19.1. The minimum absolute atomic E-state index is 0.0289. The van der Waals surface area contributed by atoms with Gasteiger partial charge in [0.15, 0.2) is 0 Å². The van der Waals surface area contributed by atoms with Gasteiger partial charge in [0.25, 0.3) is 0 Å². The van der Waals surface area contributed by atoms with Crippen molar-refractivity contribution in [3.05, 3.63) is 41.9 Å². The minimum Gasteiger partial charge on any atom is -0.396 e. The van der Waals surface area contributed by atoms with Crippen LogP contribution in [0.1, 0.15) is 5.82 Å². The maximum Gasteiger partial charge on any atom is 0.135 e. The molecule has 2 N–H and O–H groups in total. The predicted octanol–water partition coefficient (Wildman–Crippen LogP) is 1.89. The molecule has 5 heteroatoms. The van der Waals surface area contributed by atoms with Gasteiger partial charge in [-0.25, -0.2) is 13.8 Å². The molecule has 1 aromatic heterocycles. The third kappa shape index (κ3) is 2.09. The lowest BCUT2D eigenvalue weighted by atomic mass is 10.1. The summed E-state index contributed by atoms with van der Waals surface area (Å²) in [7, 11) is 0. The van der Waals surface area contributed by atoms with Crippen molar-refractivity contribution in [3.8, 4) is 11.3 Å². The number of halogens is 2. The first-order chi connectivity index (χ1) is 7.70. The lowest BCUT2D eigenvalue weighted by molar-refractivity contribution is 0.297. The number of hydrogen-bond donors (Lipinski definition) is 2. The molecule has 84 valence electrons. The van der Waals surface area contributed by atoms with Crippen LogP contribution in [-0.4, -0.2) is 21.7 Å². The smallest absolute Gasteiger partial charge is 0.135 e. The number of aromatic nitrogens is 2. The summed E-state index contributed by atoms with van der Waals surface area (Å²) < 4.78 is 26.1. The van der Waals surface area contributed by atoms with Crippen molar-refractivity contribution in [1.82, 2.24) is 9.97 Å². The number of aliphatic hydroxyl groups is 1. The van der Waals surface area contributed by atoms with Crippen LogP contribution in [0.15, 0.2) is 24.4 Å². The topological polar surface area (TPSA) is 48.9 Å². The Bertz CT molecular complexity index is 496. The minimum atomic E-state index is -0.640. The van der Waals surface area contributed by atoms with Gasteiger partial charge in [0, 0.05) is 18.1 Å². The number of imidazole rings is 1. The highest BCUT2D eigenvalue weighted by Crippen LogP contribution is 2.21. The van der Waals surface area contributed by atoms with Gasteiger partial charge in [0.1, 0.15) is 17.5 Å². The zero-order valence-electron chi connectivity index (χ0n) is 8.37. The molecule has 0 fully saturated rings. The lowest BCUT2D eigenvalue weighted by Gasteiger charge is -1.99. The van der Waals surface area contributed by atoms with Crippen LogP contribution in [0.3, 0.4) is 0 Å². The third-order valence-corrected chi connectivity index (χ3v) is 2.20. The predicted molar refractivity (Wildman–Crippen MR) is 54.7 cm³/mol. The normalized spacial score (nSPS) is 10.7. The molecule has 16 heavy (non-hydrogen) atoms. The second-order valence-corrected chi connectivity index (χ2v) is 3.34. The van der Waals surface area contributed by atoms with Crippen molar-refractivity contribution < 1.29 is 13.9 Å². The Morgan fingerprint density at radius 1 is 1.31 bits per heavy atom. The van der Waals surface area contributed by atoms with Crippen LogP contribution in [-0.2, 0) is 6.42 Å². The van der Waals surface area contributed by atoms with Gasteiger partial charge in [-0.1, -0.05) is 0 Å². The Morgan fingerprint density at radius 3 is 2.81 bits per heavy atom. The van der Waals surface area contributed by atoms with Crippen molar-refractivity contribution in [1.29, 1.82) is 0 Å². The van der Waals surface area contributed by atoms with Crippen molar-refractivity contribution in [3.63, 3.8) is 0 Å². The Labute approximate surface area is 90.8 Å². The van der Waals surface area contributed by atoms with E-state index in [9.17, 15) is 8.78 Å². The molecule has 0 unspecified atom stereocenters. The summed E-state index contributed by atoms with van der Waals surface area (Å²) in [5.41, 5.74) is 0.735. The van der Waals surface area contributed by atoms with Crippen LogP contribution < -0.4 is 0 Å². The first kappa shape index (κ1) is 10.8. The Balaban J connectivity index is 2.35. The molecule has 0 aliphatic rings. The summed E-state index contributed by atoms with van der Waals surface area (Å²) in [4.78, 5) is 6.83. The van der Waals surface area contributed by atoms with Gasteiger partial charge in [0.05, 0.1) is 18.5 Å². The average molecular weight is 224 g/mol. The fourth-order valence-corrected chi connectivity index (χ4v) is 1.44. The summed E-state index contributed by atoms with van der Waals surface area (Å²) in [6.07, 6.45) is 1.84. The van der Waals surface area contributed by atoms with Crippen molar-refractivity contribution in [2.75, 3.05) is 6.61 Å². The highest BCUT2D eigenvalue weighted by molar-refractivity contribution is 5.59. The summed E-state index contributed by atoms with van der Waals surface area (Å²) >= 11 is 0. The van der Waals surface area contributed by atoms with E-state index in [2.05, 4.69) is 9.97 Å². The summed E-state index contributed by atoms with van der Waals surface area (Å²) in [5, 5.41) is 8.71. The molecule has 0 amide bonds. The number of benzene rings is 1. The van der Waals surface area contributed by atoms with E-state index in [0.717, 1.165) is 6.07 Å². The molecule has 3 nitrogen and oxygen atoms in total. The summed E-state index contributed by atoms with van der Waals surface area (Å²) in [6.45, 7) is -0.0289. The molecule has 1 heterocycles. The van der Waals surface area contributed by atoms with Gasteiger partial charge < -0.3 is 10.1 Å². The van der Waals surface area contributed by atoms with Gasteiger partial charge in [-0.05, 0) is 12.1 Å². The number of hydrogen-bond acceptors (Lipinski definition) is 2. The molecular formula is C11H10F2N2O. The van der Waals surface area contributed by atoms with Gasteiger partial charge >= 0.3 is 0 Å². The van der Waals surface area contributed by atoms with Crippen LogP contribution in [0.2, 0.25) is 0 Å². The maximum absolute atomic E-state index is 13.4. The Morgan fingerprint density at radius 2 is 2.12 bits per heavy atom. The molecular weight excluding hydrogens is 214 g/mol. The van der Waals surface area contributed by atoms with Crippen molar-refractivity contribution >= 4 is 0 Å². The number of aromatic amines is 1. The largest absolute Gasteiger partial charge is 0.396 e. The average Bonchev–Trinajstić information content (AvgIpc) is 2.67. The molecule has 0 saturated heterocycles. The highest BCUT2D eigenvalue weighted by Gasteiger charge is 2.08. The molecule has 0 spiro atoms. The number of nitrogens with zero attached hydrogens (tertiary/aromatic N) is 1. The number of rotatable bonds is 3. The van der Waals surface area contributed by atoms with E-state index in [1.807, 2.05) is 0 Å². The quantitative estimate of drug-likeness (QED) is 0.836. The molecule has 2 rings (SSSR count). The summed E-state index contributed by atoms with van der Waals surface area (Å²) in [5.74, 6) is -0.684. The molecule has 0 saturated carbocycles. The van der Waals surface area contributed by atoms with Gasteiger partial charge in [-0.15, -0.1) is 0 Å². The maximum atomic E-state index is 13.4. The first-order valence-corrected chi connectivity index (χ1v) is 4.81. The van der Waals surface area contributed by atoms with E-state index in [4.69, 9.17) is 5.11 Å². The second-order valence-electron chi connectivity index (χ2n) is 3.34. The lowest BCUT2D eigenvalue weighted by Crippen LogP contribution is -1.93. The number of nitrogens with one attached hydrogen (secondary N) is 1. The van der Waals surface area contributed by atoms with E-state index < -0.39 is 11.6 Å². The summed E-state index contributed by atoms with van der Waals surface area (Å²) in [6, 6.07) is 3.35. The van der Waals surface area contributed by atoms with E-state index in [0.29, 0.717) is 17.9 Å². The zero-order chi connectivity index (χ0) is 11.5. The third-order valence-electron chi connectivity index (χ3n) is 2.20. The molecule has 0 aliphatic heterocycles. The van der Waals surface area contributed by atoms with Crippen LogP contribution in [0, 0.1) is 11.6 Å². The van der Waals surface area contributed by atoms with Crippen molar-refractivity contribution in [2.24, 2.45) is 0 Å². The van der Waals surface area contributed by atoms with E-state index in [1.54, 1.807) is 0 Å². The molecule has 0 aliphatic carbocycles. The van der Waals surface area contributed by atoms with Gasteiger partial charge in [-0.3, -0.25) is 0 Å². The van der Waals surface area contributed by atoms with Gasteiger partial charge in [0.2, 0.25) is 0 Å². The van der Waals surface area contributed by atoms with Gasteiger partial charge in [-0.2, -0.15) is 0 Å². The van der Waals surface area contributed by atoms with Crippen LogP contribution >= 0.6 is 0 Å². The monoisotopic (exact) mass is 224 g/mol. The molecule has 0 atom stereocenters. The molecule has 0 radical (unpaired) electrons. The molecule has 1 aromatic carbocycles. The fraction of sp³-hybridized carbons (Fsp3) is 0.182. The van der Waals surface area contributed by atoms with E-state index in [1.165, 1.54) is 18.3 Å². The van der Waals surface area contributed by atoms with E-state index in [-0.39, 0.29) is 12.2 Å². The zero-order valence-corrected chi connectivity index (χ0v) is 8.37. The SMILES string of the molecule is OCCc1ncc(-c2ccc(F)cc2F)[nH]1. The standard InChI is InChI=1S/C11H10F2N2O/c12-7-1-2-8(9(13)5-7)10-6-14-11(15-10)3-4-16/h1-2,5-6,16H,3-4H2,(H,14,15). The van der Waals surface area contributed by atoms with Crippen LogP contribution in [0.5, 0.6) is 0 Å². The number of H-pyrrole nitrogens is 1. The van der Waals surface area contributed by atoms with Crippen LogP contribution in [0.4, 0.5) is 8.78 Å². The van der Waals surface area contributed by atoms with E-state index >= 15 is 0 Å². The Hall–Kier alpha value is -1.75. The van der Waals surface area contributed by atoms with Crippen molar-refractivity contribution in [2.45, 2.75) is 6.42 Å². The fourth-order valence-electron chi connectivity index (χ4n) is 1.44. The molecule has 0 bridgehead atoms. The second kappa shape index (κ2) is 4.40. The number of aliphatic hydroxyl groups excluding tert-OH is 1. The Kier molecular flexibility index (Phi) is 2.96.